The quantitative estimate of drug-likeness (QED) is 0.567. The maximum absolute atomic E-state index is 11.4. The highest BCUT2D eigenvalue weighted by atomic mass is 35.5. The molecule has 0 spiro atoms. The standard InChI is InChI=1S/C11H14ClNO4/c1-2-16-5-6-17-11(15)8-13-7-9(12)3-4-10(13)14/h3-4,7H,2,5-6,8H2,1H3. The van der Waals surface area contributed by atoms with Crippen LogP contribution in [0.1, 0.15) is 6.92 Å². The van der Waals surface area contributed by atoms with Gasteiger partial charge >= 0.3 is 5.97 Å². The molecular formula is C11H14ClNO4. The minimum atomic E-state index is -0.492. The first-order valence-electron chi connectivity index (χ1n) is 5.23. The Morgan fingerprint density at radius 1 is 1.41 bits per heavy atom. The number of carbonyl (C=O) groups excluding carboxylic acids is 1. The van der Waals surface area contributed by atoms with Crippen LogP contribution in [0.5, 0.6) is 0 Å². The minimum absolute atomic E-state index is 0.147. The van der Waals surface area contributed by atoms with Crippen molar-refractivity contribution in [3.63, 3.8) is 0 Å². The number of aromatic nitrogens is 1. The molecule has 0 fully saturated rings. The third-order valence-corrected chi connectivity index (χ3v) is 2.17. The summed E-state index contributed by atoms with van der Waals surface area (Å²) in [5, 5.41) is 0.395. The summed E-state index contributed by atoms with van der Waals surface area (Å²) in [7, 11) is 0. The molecule has 0 amide bonds. The van der Waals surface area contributed by atoms with Crippen LogP contribution in [-0.4, -0.2) is 30.4 Å². The number of esters is 1. The fourth-order valence-corrected chi connectivity index (χ4v) is 1.35. The van der Waals surface area contributed by atoms with Gasteiger partial charge in [-0.15, -0.1) is 0 Å². The number of nitrogens with zero attached hydrogens (tertiary/aromatic N) is 1. The van der Waals surface area contributed by atoms with Crippen LogP contribution < -0.4 is 5.56 Å². The first kappa shape index (κ1) is 13.7. The van der Waals surface area contributed by atoms with Gasteiger partial charge < -0.3 is 14.0 Å². The summed E-state index contributed by atoms with van der Waals surface area (Å²) in [6.07, 6.45) is 1.40. The van der Waals surface area contributed by atoms with Gasteiger partial charge in [0.25, 0.3) is 5.56 Å². The second-order valence-corrected chi connectivity index (χ2v) is 3.67. The molecule has 0 radical (unpaired) electrons. The van der Waals surface area contributed by atoms with E-state index in [1.54, 1.807) is 0 Å². The normalized spacial score (nSPS) is 10.2. The first-order valence-corrected chi connectivity index (χ1v) is 5.60. The van der Waals surface area contributed by atoms with Crippen molar-refractivity contribution in [2.24, 2.45) is 0 Å². The van der Waals surface area contributed by atoms with Crippen molar-refractivity contribution in [2.45, 2.75) is 13.5 Å². The van der Waals surface area contributed by atoms with Crippen LogP contribution >= 0.6 is 11.6 Å². The molecule has 0 aliphatic heterocycles. The SMILES string of the molecule is CCOCCOC(=O)Cn1cc(Cl)ccc1=O. The fraction of sp³-hybridized carbons (Fsp3) is 0.455. The fourth-order valence-electron chi connectivity index (χ4n) is 1.17. The van der Waals surface area contributed by atoms with E-state index in [1.165, 1.54) is 22.9 Å². The molecule has 0 atom stereocenters. The maximum atomic E-state index is 11.4. The number of rotatable bonds is 6. The van der Waals surface area contributed by atoms with Gasteiger partial charge in [0.2, 0.25) is 0 Å². The van der Waals surface area contributed by atoms with Gasteiger partial charge in [0.1, 0.15) is 13.2 Å². The Hall–Kier alpha value is -1.33. The minimum Gasteiger partial charge on any atom is -0.462 e. The highest BCUT2D eigenvalue weighted by Gasteiger charge is 2.05. The Kier molecular flexibility index (Phi) is 5.72. The molecule has 94 valence electrons. The van der Waals surface area contributed by atoms with Gasteiger partial charge in [-0.2, -0.15) is 0 Å². The molecule has 6 heteroatoms. The number of ether oxygens (including phenoxy) is 2. The van der Waals surface area contributed by atoms with E-state index in [9.17, 15) is 9.59 Å². The van der Waals surface area contributed by atoms with E-state index in [-0.39, 0.29) is 18.7 Å². The molecule has 0 N–H and O–H groups in total. The number of carbonyl (C=O) groups is 1. The van der Waals surface area contributed by atoms with Crippen LogP contribution in [0, 0.1) is 0 Å². The highest BCUT2D eigenvalue weighted by molar-refractivity contribution is 6.30. The van der Waals surface area contributed by atoms with Gasteiger partial charge in [0.05, 0.1) is 11.6 Å². The Bertz CT molecular complexity index is 430. The molecule has 0 aliphatic rings. The van der Waals surface area contributed by atoms with Gasteiger partial charge in [0.15, 0.2) is 0 Å². The van der Waals surface area contributed by atoms with E-state index in [4.69, 9.17) is 21.1 Å². The van der Waals surface area contributed by atoms with Crippen LogP contribution in [0.3, 0.4) is 0 Å². The lowest BCUT2D eigenvalue weighted by Crippen LogP contribution is -2.24. The van der Waals surface area contributed by atoms with Crippen LogP contribution in [0.2, 0.25) is 5.02 Å². The predicted molar refractivity (Wildman–Crippen MR) is 63.2 cm³/mol. The molecule has 1 rings (SSSR count). The van der Waals surface area contributed by atoms with E-state index in [2.05, 4.69) is 0 Å². The van der Waals surface area contributed by atoms with Gasteiger partial charge in [0, 0.05) is 18.9 Å². The summed E-state index contributed by atoms with van der Waals surface area (Å²) in [6, 6.07) is 2.77. The lowest BCUT2D eigenvalue weighted by atomic mass is 10.4. The Labute approximate surface area is 104 Å². The average Bonchev–Trinajstić information content (AvgIpc) is 2.29. The van der Waals surface area contributed by atoms with Crippen molar-refractivity contribution in [3.05, 3.63) is 33.7 Å². The van der Waals surface area contributed by atoms with Gasteiger partial charge in [-0.3, -0.25) is 9.59 Å². The summed E-state index contributed by atoms with van der Waals surface area (Å²) in [5.74, 6) is -0.492. The predicted octanol–water partition coefficient (Wildman–Crippen LogP) is 1.08. The third-order valence-electron chi connectivity index (χ3n) is 1.94. The third kappa shape index (κ3) is 5.01. The van der Waals surface area contributed by atoms with Crippen molar-refractivity contribution in [2.75, 3.05) is 19.8 Å². The van der Waals surface area contributed by atoms with Gasteiger partial charge in [-0.05, 0) is 13.0 Å². The van der Waals surface area contributed by atoms with Crippen molar-refractivity contribution < 1.29 is 14.3 Å². The zero-order valence-electron chi connectivity index (χ0n) is 9.52. The molecule has 1 aromatic rings. The summed E-state index contributed by atoms with van der Waals surface area (Å²) in [4.78, 5) is 22.7. The van der Waals surface area contributed by atoms with Crippen molar-refractivity contribution in [3.8, 4) is 0 Å². The molecule has 0 aromatic carbocycles. The zero-order valence-corrected chi connectivity index (χ0v) is 10.3. The average molecular weight is 260 g/mol. The molecule has 1 aromatic heterocycles. The zero-order chi connectivity index (χ0) is 12.7. The molecule has 5 nitrogen and oxygen atoms in total. The van der Waals surface area contributed by atoms with Crippen LogP contribution in [-0.2, 0) is 20.8 Å². The molecule has 0 saturated heterocycles. The van der Waals surface area contributed by atoms with E-state index in [0.717, 1.165) is 0 Å². The monoisotopic (exact) mass is 259 g/mol. The first-order chi connectivity index (χ1) is 8.13. The molecular weight excluding hydrogens is 246 g/mol. The maximum Gasteiger partial charge on any atom is 0.326 e. The number of hydrogen-bond donors (Lipinski definition) is 0. The summed E-state index contributed by atoms with van der Waals surface area (Å²) in [6.45, 7) is 2.82. The summed E-state index contributed by atoms with van der Waals surface area (Å²) in [5.41, 5.74) is -0.295. The van der Waals surface area contributed by atoms with E-state index >= 15 is 0 Å². The van der Waals surface area contributed by atoms with E-state index < -0.39 is 5.97 Å². The topological polar surface area (TPSA) is 57.5 Å². The van der Waals surface area contributed by atoms with E-state index in [1.807, 2.05) is 6.92 Å². The Balaban J connectivity index is 2.45. The van der Waals surface area contributed by atoms with Crippen LogP contribution in [0.15, 0.2) is 23.1 Å². The molecule has 1 heterocycles. The molecule has 0 unspecified atom stereocenters. The Morgan fingerprint density at radius 3 is 2.88 bits per heavy atom. The lowest BCUT2D eigenvalue weighted by molar-refractivity contribution is -0.145. The second kappa shape index (κ2) is 7.09. The van der Waals surface area contributed by atoms with Crippen molar-refractivity contribution in [1.29, 1.82) is 0 Å². The Morgan fingerprint density at radius 2 is 2.18 bits per heavy atom. The van der Waals surface area contributed by atoms with Crippen LogP contribution in [0.4, 0.5) is 0 Å². The summed E-state index contributed by atoms with van der Waals surface area (Å²) < 4.78 is 11.1. The van der Waals surface area contributed by atoms with E-state index in [0.29, 0.717) is 18.2 Å². The second-order valence-electron chi connectivity index (χ2n) is 3.23. The van der Waals surface area contributed by atoms with Crippen LogP contribution in [0.25, 0.3) is 0 Å². The lowest BCUT2D eigenvalue weighted by Gasteiger charge is -2.07. The number of pyridine rings is 1. The molecule has 0 saturated carbocycles. The van der Waals surface area contributed by atoms with Gasteiger partial charge in [-0.1, -0.05) is 11.6 Å². The number of hydrogen-bond acceptors (Lipinski definition) is 4. The smallest absolute Gasteiger partial charge is 0.326 e. The van der Waals surface area contributed by atoms with Gasteiger partial charge in [-0.25, -0.2) is 0 Å². The van der Waals surface area contributed by atoms with Crippen molar-refractivity contribution >= 4 is 17.6 Å². The molecule has 0 aliphatic carbocycles. The molecule has 0 bridgehead atoms. The largest absolute Gasteiger partial charge is 0.462 e. The summed E-state index contributed by atoms with van der Waals surface area (Å²) >= 11 is 5.71. The number of halogens is 1. The highest BCUT2D eigenvalue weighted by Crippen LogP contribution is 2.03. The molecule has 17 heavy (non-hydrogen) atoms. The van der Waals surface area contributed by atoms with Crippen molar-refractivity contribution in [1.82, 2.24) is 4.57 Å².